The van der Waals surface area contributed by atoms with Gasteiger partial charge in [-0.3, -0.25) is 10.1 Å². The Morgan fingerprint density at radius 2 is 2.19 bits per heavy atom. The number of nitrogens with zero attached hydrogens (tertiary/aromatic N) is 2. The summed E-state index contributed by atoms with van der Waals surface area (Å²) in [6.45, 7) is 3.28. The Hall–Kier alpha value is -2.35. The quantitative estimate of drug-likeness (QED) is 0.488. The molecule has 0 atom stereocenters. The first kappa shape index (κ1) is 15.0. The summed E-state index contributed by atoms with van der Waals surface area (Å²) in [7, 11) is 0. The van der Waals surface area contributed by atoms with Gasteiger partial charge >= 0.3 is 5.69 Å². The third-order valence-corrected chi connectivity index (χ3v) is 2.87. The fourth-order valence-corrected chi connectivity index (χ4v) is 1.88. The molecule has 1 aromatic heterocycles. The molecule has 2 aromatic rings. The third-order valence-electron chi connectivity index (χ3n) is 2.87. The van der Waals surface area contributed by atoms with E-state index in [1.54, 1.807) is 0 Å². The van der Waals surface area contributed by atoms with Crippen LogP contribution in [-0.2, 0) is 6.54 Å². The number of benzene rings is 1. The Kier molecular flexibility index (Phi) is 4.59. The predicted octanol–water partition coefficient (Wildman–Crippen LogP) is 2.76. The van der Waals surface area contributed by atoms with E-state index < -0.39 is 27.8 Å². The van der Waals surface area contributed by atoms with E-state index in [0.717, 1.165) is 25.1 Å². The summed E-state index contributed by atoms with van der Waals surface area (Å²) in [4.78, 5) is 16.4. The monoisotopic (exact) mass is 296 g/mol. The molecule has 0 saturated carbocycles. The van der Waals surface area contributed by atoms with Gasteiger partial charge in [0.2, 0.25) is 5.82 Å². The molecule has 0 unspecified atom stereocenters. The summed E-state index contributed by atoms with van der Waals surface area (Å²) in [5.74, 6) is -2.20. The summed E-state index contributed by atoms with van der Waals surface area (Å²) < 4.78 is 27.8. The number of nitrogens with one attached hydrogen (secondary N) is 2. The van der Waals surface area contributed by atoms with Crippen molar-refractivity contribution in [2.24, 2.45) is 0 Å². The highest BCUT2D eigenvalue weighted by atomic mass is 19.1. The second kappa shape index (κ2) is 6.40. The topological polar surface area (TPSA) is 83.8 Å². The van der Waals surface area contributed by atoms with Crippen LogP contribution < -0.4 is 5.32 Å². The van der Waals surface area contributed by atoms with Gasteiger partial charge < -0.3 is 10.3 Å². The lowest BCUT2D eigenvalue weighted by atomic mass is 10.1. The Bertz CT molecular complexity index is 658. The zero-order valence-electron chi connectivity index (χ0n) is 11.3. The van der Waals surface area contributed by atoms with Gasteiger partial charge in [-0.15, -0.1) is 0 Å². The van der Waals surface area contributed by atoms with Gasteiger partial charge in [-0.25, -0.2) is 9.37 Å². The molecule has 6 nitrogen and oxygen atoms in total. The van der Waals surface area contributed by atoms with Crippen LogP contribution >= 0.6 is 0 Å². The standard InChI is InChI=1S/C13H14F2N4O2/c1-2-5-16-6-8-7-17-13(18-8)11-9(14)3-4-10(12(11)15)19(20)21/h3-4,7,16H,2,5-6H2,1H3,(H,17,18). The molecule has 8 heteroatoms. The van der Waals surface area contributed by atoms with Crippen LogP contribution in [0.4, 0.5) is 14.5 Å². The second-order valence-electron chi connectivity index (χ2n) is 4.45. The maximum absolute atomic E-state index is 14.0. The van der Waals surface area contributed by atoms with E-state index in [-0.39, 0.29) is 5.82 Å². The number of aromatic nitrogens is 2. The summed E-state index contributed by atoms with van der Waals surface area (Å²) in [5.41, 5.74) is -0.664. The first-order valence-corrected chi connectivity index (χ1v) is 6.42. The number of rotatable bonds is 6. The second-order valence-corrected chi connectivity index (χ2v) is 4.45. The van der Waals surface area contributed by atoms with Gasteiger partial charge in [-0.05, 0) is 19.0 Å². The number of H-pyrrole nitrogens is 1. The van der Waals surface area contributed by atoms with Crippen molar-refractivity contribution in [2.75, 3.05) is 6.54 Å². The molecule has 2 N–H and O–H groups in total. The lowest BCUT2D eigenvalue weighted by Gasteiger charge is -2.03. The number of nitro groups is 1. The van der Waals surface area contributed by atoms with Crippen molar-refractivity contribution in [3.05, 3.63) is 45.8 Å². The van der Waals surface area contributed by atoms with Gasteiger partial charge in [0, 0.05) is 24.5 Å². The van der Waals surface area contributed by atoms with Crippen LogP contribution in [-0.4, -0.2) is 21.4 Å². The Balaban J connectivity index is 2.33. The SMILES string of the molecule is CCCNCc1cnc(-c2c(F)ccc([N+](=O)[O-])c2F)[nH]1. The number of hydrogen-bond acceptors (Lipinski definition) is 4. The van der Waals surface area contributed by atoms with E-state index in [9.17, 15) is 18.9 Å². The van der Waals surface area contributed by atoms with Gasteiger partial charge in [-0.2, -0.15) is 4.39 Å². The van der Waals surface area contributed by atoms with Gasteiger partial charge in [0.25, 0.3) is 0 Å². The first-order chi connectivity index (χ1) is 10.0. The molecule has 2 rings (SSSR count). The van der Waals surface area contributed by atoms with E-state index in [1.165, 1.54) is 6.20 Å². The molecule has 0 aliphatic rings. The molecule has 0 fully saturated rings. The highest BCUT2D eigenvalue weighted by molar-refractivity contribution is 5.61. The fourth-order valence-electron chi connectivity index (χ4n) is 1.88. The zero-order chi connectivity index (χ0) is 15.4. The van der Waals surface area contributed by atoms with Crippen LogP contribution in [0.5, 0.6) is 0 Å². The van der Waals surface area contributed by atoms with Crippen molar-refractivity contribution in [1.29, 1.82) is 0 Å². The lowest BCUT2D eigenvalue weighted by Crippen LogP contribution is -2.13. The average molecular weight is 296 g/mol. The van der Waals surface area contributed by atoms with Gasteiger partial charge in [-0.1, -0.05) is 6.92 Å². The van der Waals surface area contributed by atoms with Crippen LogP contribution in [0, 0.1) is 21.7 Å². The molecule has 1 heterocycles. The molecule has 0 spiro atoms. The fraction of sp³-hybridized carbons (Fsp3) is 0.308. The molecule has 21 heavy (non-hydrogen) atoms. The van der Waals surface area contributed by atoms with Crippen molar-refractivity contribution in [3.63, 3.8) is 0 Å². The number of aromatic amines is 1. The normalized spacial score (nSPS) is 10.8. The predicted molar refractivity (Wildman–Crippen MR) is 72.6 cm³/mol. The minimum Gasteiger partial charge on any atom is -0.341 e. The van der Waals surface area contributed by atoms with Crippen LogP contribution in [0.3, 0.4) is 0 Å². The zero-order valence-corrected chi connectivity index (χ0v) is 11.3. The van der Waals surface area contributed by atoms with Crippen molar-refractivity contribution < 1.29 is 13.7 Å². The largest absolute Gasteiger partial charge is 0.341 e. The van der Waals surface area contributed by atoms with Crippen molar-refractivity contribution >= 4 is 5.69 Å². The molecule has 0 aliphatic carbocycles. The van der Waals surface area contributed by atoms with Crippen molar-refractivity contribution in [3.8, 4) is 11.4 Å². The Labute approximate surface area is 119 Å². The van der Waals surface area contributed by atoms with E-state index in [1.807, 2.05) is 6.92 Å². The van der Waals surface area contributed by atoms with Gasteiger partial charge in [0.05, 0.1) is 10.5 Å². The van der Waals surface area contributed by atoms with E-state index >= 15 is 0 Å². The first-order valence-electron chi connectivity index (χ1n) is 6.42. The lowest BCUT2D eigenvalue weighted by molar-refractivity contribution is -0.387. The average Bonchev–Trinajstić information content (AvgIpc) is 2.87. The molecule has 0 saturated heterocycles. The van der Waals surface area contributed by atoms with Gasteiger partial charge in [0.1, 0.15) is 11.6 Å². The Morgan fingerprint density at radius 1 is 1.43 bits per heavy atom. The van der Waals surface area contributed by atoms with Crippen LogP contribution in [0.1, 0.15) is 19.0 Å². The summed E-state index contributed by atoms with van der Waals surface area (Å²) in [6.07, 6.45) is 2.39. The van der Waals surface area contributed by atoms with Crippen molar-refractivity contribution in [2.45, 2.75) is 19.9 Å². The number of hydrogen-bond donors (Lipinski definition) is 2. The number of nitro benzene ring substituents is 1. The highest BCUT2D eigenvalue weighted by Crippen LogP contribution is 2.29. The molecule has 0 amide bonds. The summed E-state index contributed by atoms with van der Waals surface area (Å²) >= 11 is 0. The van der Waals surface area contributed by atoms with Gasteiger partial charge in [0.15, 0.2) is 0 Å². The minimum atomic E-state index is -1.23. The van der Waals surface area contributed by atoms with Crippen LogP contribution in [0.2, 0.25) is 0 Å². The molecule has 1 aromatic carbocycles. The minimum absolute atomic E-state index is 0.0676. The third kappa shape index (κ3) is 3.22. The molecule has 0 bridgehead atoms. The number of imidazole rings is 1. The highest BCUT2D eigenvalue weighted by Gasteiger charge is 2.24. The molecular formula is C13H14F2N4O2. The number of halogens is 2. The maximum atomic E-state index is 14.0. The molecular weight excluding hydrogens is 282 g/mol. The van der Waals surface area contributed by atoms with E-state index in [0.29, 0.717) is 12.2 Å². The smallest absolute Gasteiger partial charge is 0.305 e. The molecule has 0 radical (unpaired) electrons. The van der Waals surface area contributed by atoms with E-state index in [2.05, 4.69) is 15.3 Å². The Morgan fingerprint density at radius 3 is 2.86 bits per heavy atom. The maximum Gasteiger partial charge on any atom is 0.305 e. The van der Waals surface area contributed by atoms with Crippen LogP contribution in [0.15, 0.2) is 18.3 Å². The van der Waals surface area contributed by atoms with E-state index in [4.69, 9.17) is 0 Å². The summed E-state index contributed by atoms with van der Waals surface area (Å²) in [6, 6.07) is 1.65. The van der Waals surface area contributed by atoms with Crippen molar-refractivity contribution in [1.82, 2.24) is 15.3 Å². The molecule has 0 aliphatic heterocycles. The van der Waals surface area contributed by atoms with Crippen LogP contribution in [0.25, 0.3) is 11.4 Å². The summed E-state index contributed by atoms with van der Waals surface area (Å²) in [5, 5.41) is 13.8. The molecule has 112 valence electrons.